The minimum atomic E-state index is 0.0234. The summed E-state index contributed by atoms with van der Waals surface area (Å²) >= 11 is 0. The van der Waals surface area contributed by atoms with E-state index in [2.05, 4.69) is 63.7 Å². The molecule has 0 bridgehead atoms. The zero-order chi connectivity index (χ0) is 23.6. The molecule has 0 unspecified atom stereocenters. The van der Waals surface area contributed by atoms with Gasteiger partial charge in [0, 0.05) is 40.5 Å². The molecular weight excluding hydrogens is 430 g/mol. The second-order valence-electron chi connectivity index (χ2n) is 9.17. The number of fused-ring (bicyclic) bond motifs is 4. The molecule has 0 atom stereocenters. The highest BCUT2D eigenvalue weighted by atomic mass is 16.3. The van der Waals surface area contributed by atoms with Crippen LogP contribution in [0.25, 0.3) is 44.2 Å². The van der Waals surface area contributed by atoms with Gasteiger partial charge < -0.3 is 14.2 Å². The Hall–Kier alpha value is -4.05. The molecule has 4 nitrogen and oxygen atoms in total. The Bertz CT molecular complexity index is 1570. The fraction of sp³-hybridized carbons (Fsp3) is 0.194. The number of benzene rings is 4. The number of rotatable bonds is 8. The van der Waals surface area contributed by atoms with Crippen LogP contribution in [0.15, 0.2) is 97.1 Å². The monoisotopic (exact) mass is 458 g/mol. The Labute approximate surface area is 205 Å². The van der Waals surface area contributed by atoms with Gasteiger partial charge in [-0.2, -0.15) is 0 Å². The van der Waals surface area contributed by atoms with Crippen molar-refractivity contribution in [2.24, 2.45) is 0 Å². The summed E-state index contributed by atoms with van der Waals surface area (Å²) in [5, 5.41) is 15.2. The molecule has 0 radical (unpaired) electrons. The van der Waals surface area contributed by atoms with E-state index in [-0.39, 0.29) is 5.75 Å². The van der Waals surface area contributed by atoms with Crippen LogP contribution in [-0.2, 0) is 13.1 Å². The van der Waals surface area contributed by atoms with Gasteiger partial charge in [-0.05, 0) is 37.1 Å². The number of para-hydroxylation sites is 5. The van der Waals surface area contributed by atoms with Crippen molar-refractivity contribution in [2.45, 2.75) is 38.8 Å². The lowest BCUT2D eigenvalue weighted by Crippen LogP contribution is -2.03. The maximum atomic E-state index is 12.5. The minimum absolute atomic E-state index is 0.0234. The molecule has 0 aliphatic carbocycles. The Kier molecular flexibility index (Phi) is 5.71. The second-order valence-corrected chi connectivity index (χ2v) is 9.17. The summed E-state index contributed by atoms with van der Waals surface area (Å²) in [5.41, 5.74) is 5.35. The van der Waals surface area contributed by atoms with Gasteiger partial charge in [0.1, 0.15) is 5.82 Å². The summed E-state index contributed by atoms with van der Waals surface area (Å²) < 4.78 is 4.69. The maximum Gasteiger partial charge on any atom is 0.140 e. The van der Waals surface area contributed by atoms with Crippen LogP contribution in [0.4, 0.5) is 0 Å². The lowest BCUT2D eigenvalue weighted by molar-refractivity contribution is -0.267. The average molecular weight is 459 g/mol. The smallest absolute Gasteiger partial charge is 0.140 e. The molecule has 0 saturated carbocycles. The van der Waals surface area contributed by atoms with Crippen LogP contribution in [0.2, 0.25) is 0 Å². The number of imidazole rings is 1. The minimum Gasteiger partial charge on any atom is -0.872 e. The van der Waals surface area contributed by atoms with Gasteiger partial charge in [0.25, 0.3) is 0 Å². The molecule has 0 saturated heterocycles. The third kappa shape index (κ3) is 3.95. The molecule has 35 heavy (non-hydrogen) atoms. The van der Waals surface area contributed by atoms with Crippen molar-refractivity contribution in [3.8, 4) is 17.1 Å². The summed E-state index contributed by atoms with van der Waals surface area (Å²) in [6, 6.07) is 32.8. The van der Waals surface area contributed by atoms with E-state index in [1.165, 1.54) is 28.2 Å². The van der Waals surface area contributed by atoms with E-state index in [0.717, 1.165) is 49.2 Å². The first kappa shape index (κ1) is 21.5. The zero-order valence-corrected chi connectivity index (χ0v) is 19.7. The summed E-state index contributed by atoms with van der Waals surface area (Å²) in [7, 11) is 0. The fourth-order valence-corrected chi connectivity index (χ4v) is 5.30. The predicted octanol–water partition coefficient (Wildman–Crippen LogP) is 7.15. The first-order valence-corrected chi connectivity index (χ1v) is 12.5. The van der Waals surface area contributed by atoms with Crippen LogP contribution in [0.5, 0.6) is 5.75 Å². The molecule has 0 aliphatic heterocycles. The first-order valence-electron chi connectivity index (χ1n) is 12.5. The van der Waals surface area contributed by atoms with Gasteiger partial charge in [0.2, 0.25) is 0 Å². The summed E-state index contributed by atoms with van der Waals surface area (Å²) in [4.78, 5) is 4.81. The van der Waals surface area contributed by atoms with Gasteiger partial charge in [-0.1, -0.05) is 91.4 Å². The van der Waals surface area contributed by atoms with Gasteiger partial charge in [-0.25, -0.2) is 4.98 Å². The van der Waals surface area contributed by atoms with Crippen LogP contribution in [0.3, 0.4) is 0 Å². The molecule has 0 fully saturated rings. The van der Waals surface area contributed by atoms with E-state index >= 15 is 0 Å². The lowest BCUT2D eigenvalue weighted by Gasteiger charge is -2.15. The number of aryl methyl sites for hydroxylation is 2. The molecule has 0 spiro atoms. The highest BCUT2D eigenvalue weighted by Gasteiger charge is 2.13. The molecule has 174 valence electrons. The van der Waals surface area contributed by atoms with Crippen molar-refractivity contribution in [1.82, 2.24) is 14.1 Å². The third-order valence-corrected chi connectivity index (χ3v) is 6.98. The largest absolute Gasteiger partial charge is 0.872 e. The van der Waals surface area contributed by atoms with E-state index in [9.17, 15) is 5.11 Å². The Morgan fingerprint density at radius 3 is 1.77 bits per heavy atom. The van der Waals surface area contributed by atoms with Gasteiger partial charge in [0.15, 0.2) is 0 Å². The molecule has 0 N–H and O–H groups in total. The first-order chi connectivity index (χ1) is 17.3. The highest BCUT2D eigenvalue weighted by molar-refractivity contribution is 6.07. The van der Waals surface area contributed by atoms with Gasteiger partial charge in [-0.15, -0.1) is 0 Å². The number of nitrogens with zero attached hydrogens (tertiary/aromatic N) is 3. The second kappa shape index (κ2) is 9.30. The molecule has 0 amide bonds. The quantitative estimate of drug-likeness (QED) is 0.227. The summed E-state index contributed by atoms with van der Waals surface area (Å²) in [6.07, 6.45) is 4.51. The van der Waals surface area contributed by atoms with Crippen molar-refractivity contribution < 1.29 is 5.11 Å². The number of aromatic nitrogens is 3. The molecule has 4 heteroatoms. The van der Waals surface area contributed by atoms with E-state index in [0.29, 0.717) is 5.56 Å². The fourth-order valence-electron chi connectivity index (χ4n) is 5.30. The SMILES string of the molecule is [O-]c1ccccc1-c1nc2ccccc2n1CCCCCCn1c2ccccc2c2ccccc21. The Morgan fingerprint density at radius 1 is 0.543 bits per heavy atom. The standard InChI is InChI=1S/C31H29N3O/c35-30-20-10-5-15-25(30)31-32-26-16-6-9-19-29(26)34(31)22-12-2-1-11-21-33-27-17-7-3-13-23(27)24-14-4-8-18-28(24)33/h3-10,13-20,35H,1-2,11-12,21-22H2/p-1. The van der Waals surface area contributed by atoms with Crippen molar-refractivity contribution in [3.63, 3.8) is 0 Å². The van der Waals surface area contributed by atoms with Crippen molar-refractivity contribution in [2.75, 3.05) is 0 Å². The Morgan fingerprint density at radius 2 is 1.09 bits per heavy atom. The van der Waals surface area contributed by atoms with E-state index in [1.54, 1.807) is 12.1 Å². The maximum absolute atomic E-state index is 12.5. The normalized spacial score (nSPS) is 11.7. The highest BCUT2D eigenvalue weighted by Crippen LogP contribution is 2.31. The van der Waals surface area contributed by atoms with Crippen LogP contribution < -0.4 is 5.11 Å². The molecular formula is C31H28N3O-. The summed E-state index contributed by atoms with van der Waals surface area (Å²) in [5.74, 6) is 0.803. The van der Waals surface area contributed by atoms with Gasteiger partial charge >= 0.3 is 0 Å². The third-order valence-electron chi connectivity index (χ3n) is 6.98. The summed E-state index contributed by atoms with van der Waals surface area (Å²) in [6.45, 7) is 1.89. The number of hydrogen-bond donors (Lipinski definition) is 0. The van der Waals surface area contributed by atoms with E-state index in [4.69, 9.17) is 4.98 Å². The number of unbranched alkanes of at least 4 members (excludes halogenated alkanes) is 3. The molecule has 6 rings (SSSR count). The molecule has 2 heterocycles. The van der Waals surface area contributed by atoms with Crippen LogP contribution in [-0.4, -0.2) is 14.1 Å². The Balaban J connectivity index is 1.15. The molecule has 4 aromatic carbocycles. The molecule has 6 aromatic rings. The van der Waals surface area contributed by atoms with Crippen LogP contribution in [0, 0.1) is 0 Å². The van der Waals surface area contributed by atoms with Gasteiger partial charge in [-0.3, -0.25) is 0 Å². The molecule has 2 aromatic heterocycles. The van der Waals surface area contributed by atoms with Crippen LogP contribution in [0.1, 0.15) is 25.7 Å². The van der Waals surface area contributed by atoms with Crippen LogP contribution >= 0.6 is 0 Å². The zero-order valence-electron chi connectivity index (χ0n) is 19.7. The average Bonchev–Trinajstić information content (AvgIpc) is 3.42. The van der Waals surface area contributed by atoms with Crippen molar-refractivity contribution in [1.29, 1.82) is 0 Å². The molecule has 0 aliphatic rings. The van der Waals surface area contributed by atoms with Gasteiger partial charge in [0.05, 0.1) is 11.0 Å². The van der Waals surface area contributed by atoms with E-state index < -0.39 is 0 Å². The van der Waals surface area contributed by atoms with Crippen molar-refractivity contribution >= 4 is 32.8 Å². The topological polar surface area (TPSA) is 45.8 Å². The number of hydrogen-bond acceptors (Lipinski definition) is 2. The van der Waals surface area contributed by atoms with Crippen molar-refractivity contribution in [3.05, 3.63) is 97.1 Å². The lowest BCUT2D eigenvalue weighted by atomic mass is 10.1. The predicted molar refractivity (Wildman–Crippen MR) is 143 cm³/mol. The van der Waals surface area contributed by atoms with E-state index in [1.807, 2.05) is 30.3 Å².